The first-order valence-electron chi connectivity index (χ1n) is 5.65. The monoisotopic (exact) mass is 263 g/mol. The normalized spacial score (nSPS) is 11.7. The van der Waals surface area contributed by atoms with E-state index in [1.807, 2.05) is 13.2 Å². The van der Waals surface area contributed by atoms with Crippen LogP contribution in [0, 0.1) is 0 Å². The molecule has 17 heavy (non-hydrogen) atoms. The number of methoxy groups -OCH3 is 1. The molecule has 0 unspecified atom stereocenters. The summed E-state index contributed by atoms with van der Waals surface area (Å²) < 4.78 is 9.54. The first-order valence-corrected chi connectivity index (χ1v) is 7.05. The summed E-state index contributed by atoms with van der Waals surface area (Å²) in [5.41, 5.74) is 0. The van der Waals surface area contributed by atoms with Crippen LogP contribution in [0.4, 0.5) is 4.79 Å². The van der Waals surface area contributed by atoms with E-state index < -0.39 is 18.1 Å². The van der Waals surface area contributed by atoms with Crippen LogP contribution in [0.3, 0.4) is 0 Å². The lowest BCUT2D eigenvalue weighted by Gasteiger charge is -2.16. The first kappa shape index (κ1) is 16.1. The summed E-state index contributed by atoms with van der Waals surface area (Å²) in [6, 6.07) is -0.619. The molecular formula is C11H21NO4S. The number of rotatable bonds is 8. The highest BCUT2D eigenvalue weighted by Gasteiger charge is 2.21. The number of ether oxygens (including phenoxy) is 2. The van der Waals surface area contributed by atoms with E-state index in [2.05, 4.69) is 10.1 Å². The summed E-state index contributed by atoms with van der Waals surface area (Å²) in [5.74, 6) is 0.385. The molecule has 0 saturated heterocycles. The molecule has 6 heteroatoms. The molecular weight excluding hydrogens is 242 g/mol. The largest absolute Gasteiger partial charge is 0.464 e. The molecule has 0 spiro atoms. The van der Waals surface area contributed by atoms with E-state index in [9.17, 15) is 9.59 Å². The topological polar surface area (TPSA) is 64.6 Å². The van der Waals surface area contributed by atoms with Gasteiger partial charge in [0.1, 0.15) is 6.04 Å². The third-order valence-electron chi connectivity index (χ3n) is 2.11. The number of unbranched alkanes of at least 4 members (excludes halogenated alkanes) is 1. The van der Waals surface area contributed by atoms with Crippen LogP contribution in [-0.2, 0) is 14.3 Å². The van der Waals surface area contributed by atoms with Crippen molar-refractivity contribution in [1.29, 1.82) is 0 Å². The van der Waals surface area contributed by atoms with E-state index in [-0.39, 0.29) is 0 Å². The number of hydrogen-bond acceptors (Lipinski definition) is 5. The predicted octanol–water partition coefficient (Wildman–Crippen LogP) is 1.81. The first-order chi connectivity index (χ1) is 8.15. The fourth-order valence-corrected chi connectivity index (χ4v) is 1.57. The zero-order chi connectivity index (χ0) is 13.1. The maximum Gasteiger partial charge on any atom is 0.407 e. The van der Waals surface area contributed by atoms with Crippen molar-refractivity contribution in [3.8, 4) is 0 Å². The van der Waals surface area contributed by atoms with Crippen LogP contribution in [0.25, 0.3) is 0 Å². The highest BCUT2D eigenvalue weighted by atomic mass is 32.2. The lowest BCUT2D eigenvalue weighted by Crippen LogP contribution is -2.42. The maximum atomic E-state index is 11.7. The molecule has 0 aliphatic heterocycles. The van der Waals surface area contributed by atoms with Gasteiger partial charge in [0.25, 0.3) is 0 Å². The SMILES string of the molecule is CCCCOC(=O)[C@H](CCSC)NC(=O)OC. The Bertz CT molecular complexity index is 236. The second kappa shape index (κ2) is 10.3. The Hall–Kier alpha value is -0.910. The van der Waals surface area contributed by atoms with Crippen molar-refractivity contribution in [3.63, 3.8) is 0 Å². The molecule has 0 fully saturated rings. The van der Waals surface area contributed by atoms with Gasteiger partial charge in [0.15, 0.2) is 0 Å². The van der Waals surface area contributed by atoms with Crippen molar-refractivity contribution in [1.82, 2.24) is 5.32 Å². The van der Waals surface area contributed by atoms with Crippen LogP contribution < -0.4 is 5.32 Å². The van der Waals surface area contributed by atoms with Crippen LogP contribution in [0.15, 0.2) is 0 Å². The second-order valence-electron chi connectivity index (χ2n) is 3.49. The van der Waals surface area contributed by atoms with Crippen molar-refractivity contribution < 1.29 is 19.1 Å². The number of amides is 1. The van der Waals surface area contributed by atoms with Crippen LogP contribution in [0.1, 0.15) is 26.2 Å². The Morgan fingerprint density at radius 2 is 2.12 bits per heavy atom. The van der Waals surface area contributed by atoms with E-state index in [1.54, 1.807) is 11.8 Å². The van der Waals surface area contributed by atoms with Crippen molar-refractivity contribution in [2.75, 3.05) is 25.7 Å². The predicted molar refractivity (Wildman–Crippen MR) is 68.2 cm³/mol. The molecule has 0 radical (unpaired) electrons. The molecule has 0 aliphatic rings. The summed E-state index contributed by atoms with van der Waals surface area (Å²) in [6.07, 6.45) is 3.68. The Morgan fingerprint density at radius 1 is 1.41 bits per heavy atom. The van der Waals surface area contributed by atoms with Gasteiger partial charge in [-0.15, -0.1) is 0 Å². The lowest BCUT2D eigenvalue weighted by molar-refractivity contribution is -0.146. The molecule has 0 rings (SSSR count). The molecule has 0 aliphatic carbocycles. The second-order valence-corrected chi connectivity index (χ2v) is 4.48. The van der Waals surface area contributed by atoms with E-state index in [1.165, 1.54) is 7.11 Å². The average molecular weight is 263 g/mol. The van der Waals surface area contributed by atoms with Gasteiger partial charge in [-0.05, 0) is 24.9 Å². The van der Waals surface area contributed by atoms with Gasteiger partial charge in [-0.3, -0.25) is 0 Å². The molecule has 0 aromatic carbocycles. The Balaban J connectivity index is 4.14. The minimum Gasteiger partial charge on any atom is -0.464 e. The quantitative estimate of drug-likeness (QED) is 0.534. The van der Waals surface area contributed by atoms with Crippen LogP contribution >= 0.6 is 11.8 Å². The van der Waals surface area contributed by atoms with Crippen LogP contribution in [-0.4, -0.2) is 43.8 Å². The summed E-state index contributed by atoms with van der Waals surface area (Å²) in [7, 11) is 1.27. The van der Waals surface area contributed by atoms with Gasteiger partial charge in [0.2, 0.25) is 0 Å². The molecule has 0 aromatic rings. The van der Waals surface area contributed by atoms with E-state index in [4.69, 9.17) is 4.74 Å². The molecule has 0 saturated carbocycles. The minimum absolute atomic E-state index is 0.391. The smallest absolute Gasteiger partial charge is 0.407 e. The van der Waals surface area contributed by atoms with Gasteiger partial charge in [-0.1, -0.05) is 13.3 Å². The van der Waals surface area contributed by atoms with Gasteiger partial charge in [-0.2, -0.15) is 11.8 Å². The number of nitrogens with one attached hydrogen (secondary N) is 1. The summed E-state index contributed by atoms with van der Waals surface area (Å²) in [5, 5.41) is 2.48. The number of carbonyl (C=O) groups is 2. The van der Waals surface area contributed by atoms with E-state index in [0.29, 0.717) is 13.0 Å². The number of carbonyl (C=O) groups excluding carboxylic acids is 2. The number of alkyl carbamates (subject to hydrolysis) is 1. The van der Waals surface area contributed by atoms with Crippen LogP contribution in [0.5, 0.6) is 0 Å². The Kier molecular flexibility index (Phi) is 9.71. The number of esters is 1. The number of thioether (sulfide) groups is 1. The Labute approximate surface area is 107 Å². The summed E-state index contributed by atoms with van der Waals surface area (Å²) in [6.45, 7) is 2.42. The standard InChI is InChI=1S/C11H21NO4S/c1-4-5-7-16-10(13)9(6-8-17-3)12-11(14)15-2/h9H,4-8H2,1-3H3,(H,12,14)/t9-/m0/s1. The summed E-state index contributed by atoms with van der Waals surface area (Å²) in [4.78, 5) is 22.7. The molecule has 0 bridgehead atoms. The zero-order valence-electron chi connectivity index (χ0n) is 10.7. The molecule has 0 aromatic heterocycles. The molecule has 1 atom stereocenters. The van der Waals surface area contributed by atoms with E-state index >= 15 is 0 Å². The van der Waals surface area contributed by atoms with Gasteiger partial charge < -0.3 is 14.8 Å². The van der Waals surface area contributed by atoms with Gasteiger partial charge in [0.05, 0.1) is 13.7 Å². The zero-order valence-corrected chi connectivity index (χ0v) is 11.5. The third kappa shape index (κ3) is 7.90. The molecule has 1 amide bonds. The highest BCUT2D eigenvalue weighted by Crippen LogP contribution is 2.04. The van der Waals surface area contributed by atoms with Crippen LogP contribution in [0.2, 0.25) is 0 Å². The molecule has 5 nitrogen and oxygen atoms in total. The maximum absolute atomic E-state index is 11.7. The fourth-order valence-electron chi connectivity index (χ4n) is 1.10. The average Bonchev–Trinajstić information content (AvgIpc) is 2.34. The summed E-state index contributed by atoms with van der Waals surface area (Å²) >= 11 is 1.61. The number of hydrogen-bond donors (Lipinski definition) is 1. The van der Waals surface area contributed by atoms with E-state index in [0.717, 1.165) is 18.6 Å². The van der Waals surface area contributed by atoms with Crippen molar-refractivity contribution in [3.05, 3.63) is 0 Å². The molecule has 100 valence electrons. The third-order valence-corrected chi connectivity index (χ3v) is 2.76. The lowest BCUT2D eigenvalue weighted by atomic mass is 10.2. The van der Waals surface area contributed by atoms with Crippen molar-refractivity contribution >= 4 is 23.8 Å². The molecule has 0 heterocycles. The van der Waals surface area contributed by atoms with Gasteiger partial charge >= 0.3 is 12.1 Å². The Morgan fingerprint density at radius 3 is 2.65 bits per heavy atom. The minimum atomic E-state index is -0.619. The van der Waals surface area contributed by atoms with Gasteiger partial charge in [0, 0.05) is 0 Å². The molecule has 1 N–H and O–H groups in total. The highest BCUT2D eigenvalue weighted by molar-refractivity contribution is 7.98. The van der Waals surface area contributed by atoms with Crippen molar-refractivity contribution in [2.24, 2.45) is 0 Å². The van der Waals surface area contributed by atoms with Gasteiger partial charge in [-0.25, -0.2) is 9.59 Å². The van der Waals surface area contributed by atoms with Crippen molar-refractivity contribution in [2.45, 2.75) is 32.2 Å². The fraction of sp³-hybridized carbons (Fsp3) is 0.818.